The Morgan fingerprint density at radius 2 is 0.776 bits per heavy atom. The third kappa shape index (κ3) is 45.8. The van der Waals surface area contributed by atoms with Crippen molar-refractivity contribution in [2.24, 2.45) is 0 Å². The molecule has 0 N–H and O–H groups in total. The van der Waals surface area contributed by atoms with Gasteiger partial charge in [-0.25, -0.2) is 0 Å². The van der Waals surface area contributed by atoms with Crippen LogP contribution in [0, 0.1) is 0 Å². The largest absolute Gasteiger partial charge is 0.462 e. The Bertz CT molecular complexity index is 1090. The second-order valence-corrected chi connectivity index (χ2v) is 15.6. The van der Waals surface area contributed by atoms with E-state index in [1.807, 2.05) is 0 Å². The lowest BCUT2D eigenvalue weighted by atomic mass is 10.1. The van der Waals surface area contributed by atoms with Crippen LogP contribution in [0.4, 0.5) is 0 Å². The summed E-state index contributed by atoms with van der Waals surface area (Å²) in [7, 11) is 0. The van der Waals surface area contributed by atoms with Gasteiger partial charge in [-0.3, -0.25) is 9.59 Å². The standard InChI is InChI=1S/C53H90O5/c1-4-7-10-13-16-18-20-22-24-26-28-30-32-34-36-39-42-45-48-56-49-51(58-53(55)47-44-41-37-15-12-9-6-3)50-57-52(54)46-43-40-38-35-33-31-29-27-25-23-21-19-17-14-11-8-5-2/h7,10,16-19,22-25,28,30,34,36,51H,4-6,8-9,11-15,20-21,26-27,29,31-33,35,37-50H2,1-3H3/b10-7-,18-16-,19-17-,24-22-,25-23-,30-28-,36-34-. The fourth-order valence-electron chi connectivity index (χ4n) is 6.33. The average molecular weight is 807 g/mol. The van der Waals surface area contributed by atoms with Gasteiger partial charge < -0.3 is 14.2 Å². The van der Waals surface area contributed by atoms with Crippen molar-refractivity contribution in [1.82, 2.24) is 0 Å². The van der Waals surface area contributed by atoms with Crippen LogP contribution in [0.1, 0.15) is 213 Å². The molecule has 5 heteroatoms. The lowest BCUT2D eigenvalue weighted by Gasteiger charge is -2.18. The molecular formula is C53H90O5. The summed E-state index contributed by atoms with van der Waals surface area (Å²) >= 11 is 0. The SMILES string of the molecule is CC/C=C\C/C=C\C/C=C\C/C=C\C/C=C\CCCCOCC(COC(=O)CCCCCCCCC/C=C\C/C=C\CCCCC)OC(=O)CCCCCCCCC. The smallest absolute Gasteiger partial charge is 0.306 e. The van der Waals surface area contributed by atoms with Gasteiger partial charge in [0, 0.05) is 19.4 Å². The van der Waals surface area contributed by atoms with E-state index in [2.05, 4.69) is 106 Å². The zero-order valence-corrected chi connectivity index (χ0v) is 38.0. The highest BCUT2D eigenvalue weighted by Crippen LogP contribution is 2.13. The number of hydrogen-bond acceptors (Lipinski definition) is 5. The summed E-state index contributed by atoms with van der Waals surface area (Å²) in [6, 6.07) is 0. The van der Waals surface area contributed by atoms with Crippen molar-refractivity contribution in [3.8, 4) is 0 Å². The molecule has 58 heavy (non-hydrogen) atoms. The summed E-state index contributed by atoms with van der Waals surface area (Å²) in [4.78, 5) is 25.2. The van der Waals surface area contributed by atoms with Crippen molar-refractivity contribution in [2.45, 2.75) is 219 Å². The summed E-state index contributed by atoms with van der Waals surface area (Å²) in [5.74, 6) is -0.439. The summed E-state index contributed by atoms with van der Waals surface area (Å²) in [6.07, 6.45) is 63.1. The molecule has 0 aromatic rings. The van der Waals surface area contributed by atoms with Gasteiger partial charge >= 0.3 is 11.9 Å². The van der Waals surface area contributed by atoms with Crippen molar-refractivity contribution >= 4 is 11.9 Å². The number of rotatable bonds is 43. The van der Waals surface area contributed by atoms with Gasteiger partial charge in [0.15, 0.2) is 6.10 Å². The van der Waals surface area contributed by atoms with Crippen molar-refractivity contribution in [1.29, 1.82) is 0 Å². The van der Waals surface area contributed by atoms with Crippen LogP contribution in [0.3, 0.4) is 0 Å². The molecule has 0 fully saturated rings. The summed E-state index contributed by atoms with van der Waals surface area (Å²) in [6.45, 7) is 7.54. The fraction of sp³-hybridized carbons (Fsp3) is 0.698. The van der Waals surface area contributed by atoms with E-state index in [1.54, 1.807) is 0 Å². The van der Waals surface area contributed by atoms with E-state index in [0.717, 1.165) is 96.3 Å². The van der Waals surface area contributed by atoms with E-state index < -0.39 is 6.10 Å². The molecule has 1 unspecified atom stereocenters. The highest BCUT2D eigenvalue weighted by molar-refractivity contribution is 5.70. The fourth-order valence-corrected chi connectivity index (χ4v) is 6.33. The number of ether oxygens (including phenoxy) is 3. The molecular weight excluding hydrogens is 717 g/mol. The maximum absolute atomic E-state index is 12.6. The van der Waals surface area contributed by atoms with Crippen LogP contribution in [-0.4, -0.2) is 37.9 Å². The Balaban J connectivity index is 4.24. The molecule has 0 aliphatic rings. The highest BCUT2D eigenvalue weighted by Gasteiger charge is 2.17. The van der Waals surface area contributed by atoms with Crippen molar-refractivity contribution in [3.63, 3.8) is 0 Å². The molecule has 5 nitrogen and oxygen atoms in total. The van der Waals surface area contributed by atoms with E-state index in [0.29, 0.717) is 19.4 Å². The van der Waals surface area contributed by atoms with Gasteiger partial charge in [0.25, 0.3) is 0 Å². The first-order valence-electron chi connectivity index (χ1n) is 24.1. The van der Waals surface area contributed by atoms with Crippen LogP contribution in [0.15, 0.2) is 85.1 Å². The summed E-state index contributed by atoms with van der Waals surface area (Å²) in [5, 5.41) is 0. The van der Waals surface area contributed by atoms with Crippen LogP contribution in [0.2, 0.25) is 0 Å². The predicted molar refractivity (Wildman–Crippen MR) is 251 cm³/mol. The van der Waals surface area contributed by atoms with Crippen LogP contribution in [0.5, 0.6) is 0 Å². The van der Waals surface area contributed by atoms with Gasteiger partial charge in [0.1, 0.15) is 6.61 Å². The predicted octanol–water partition coefficient (Wildman–Crippen LogP) is 16.1. The third-order valence-electron chi connectivity index (χ3n) is 9.92. The normalized spacial score (nSPS) is 12.9. The van der Waals surface area contributed by atoms with Crippen molar-refractivity contribution in [2.75, 3.05) is 19.8 Å². The van der Waals surface area contributed by atoms with E-state index in [9.17, 15) is 9.59 Å². The lowest BCUT2D eigenvalue weighted by Crippen LogP contribution is -2.30. The molecule has 0 aliphatic heterocycles. The maximum atomic E-state index is 12.6. The second kappa shape index (κ2) is 48.4. The topological polar surface area (TPSA) is 61.8 Å². The van der Waals surface area contributed by atoms with Crippen LogP contribution in [-0.2, 0) is 23.8 Å². The average Bonchev–Trinajstić information content (AvgIpc) is 3.22. The summed E-state index contributed by atoms with van der Waals surface area (Å²) < 4.78 is 17.2. The molecule has 1 atom stereocenters. The van der Waals surface area contributed by atoms with Gasteiger partial charge in [-0.05, 0) is 96.3 Å². The number of carbonyl (C=O) groups excluding carboxylic acids is 2. The Morgan fingerprint density at radius 1 is 0.397 bits per heavy atom. The zero-order chi connectivity index (χ0) is 42.1. The Labute approximate surface area is 359 Å². The van der Waals surface area contributed by atoms with Gasteiger partial charge in [0.05, 0.1) is 6.61 Å². The van der Waals surface area contributed by atoms with Crippen molar-refractivity contribution in [3.05, 3.63) is 85.1 Å². The molecule has 0 heterocycles. The molecule has 0 radical (unpaired) electrons. The lowest BCUT2D eigenvalue weighted by molar-refractivity contribution is -0.163. The minimum Gasteiger partial charge on any atom is -0.462 e. The maximum Gasteiger partial charge on any atom is 0.306 e. The van der Waals surface area contributed by atoms with Crippen LogP contribution >= 0.6 is 0 Å². The Morgan fingerprint density at radius 3 is 1.28 bits per heavy atom. The second-order valence-electron chi connectivity index (χ2n) is 15.6. The van der Waals surface area contributed by atoms with Gasteiger partial charge in [-0.2, -0.15) is 0 Å². The number of carbonyl (C=O) groups is 2. The van der Waals surface area contributed by atoms with E-state index in [1.165, 1.54) is 83.5 Å². The number of unbranched alkanes of at least 4 members (excludes halogenated alkanes) is 18. The van der Waals surface area contributed by atoms with E-state index in [4.69, 9.17) is 14.2 Å². The quantitative estimate of drug-likeness (QED) is 0.0349. The monoisotopic (exact) mass is 807 g/mol. The minimum atomic E-state index is -0.561. The van der Waals surface area contributed by atoms with Gasteiger partial charge in [-0.15, -0.1) is 0 Å². The molecule has 0 spiro atoms. The van der Waals surface area contributed by atoms with E-state index >= 15 is 0 Å². The Kier molecular flexibility index (Phi) is 46.0. The molecule has 332 valence electrons. The van der Waals surface area contributed by atoms with E-state index in [-0.39, 0.29) is 25.2 Å². The van der Waals surface area contributed by atoms with Crippen LogP contribution in [0.25, 0.3) is 0 Å². The first-order chi connectivity index (χ1) is 28.6. The molecule has 0 aromatic heterocycles. The molecule has 0 saturated carbocycles. The summed E-state index contributed by atoms with van der Waals surface area (Å²) in [5.41, 5.74) is 0. The first-order valence-corrected chi connectivity index (χ1v) is 24.1. The van der Waals surface area contributed by atoms with Gasteiger partial charge in [-0.1, -0.05) is 189 Å². The molecule has 0 rings (SSSR count). The molecule has 0 aliphatic carbocycles. The number of esters is 2. The zero-order valence-electron chi connectivity index (χ0n) is 38.0. The first kappa shape index (κ1) is 55.1. The van der Waals surface area contributed by atoms with Crippen LogP contribution < -0.4 is 0 Å². The Hall–Kier alpha value is -2.92. The number of hydrogen-bond donors (Lipinski definition) is 0. The third-order valence-corrected chi connectivity index (χ3v) is 9.92. The minimum absolute atomic E-state index is 0.0608. The number of allylic oxidation sites excluding steroid dienone is 14. The molecule has 0 aromatic carbocycles. The molecule has 0 bridgehead atoms. The molecule has 0 amide bonds. The molecule has 0 saturated heterocycles. The highest BCUT2D eigenvalue weighted by atomic mass is 16.6. The van der Waals surface area contributed by atoms with Gasteiger partial charge in [0.2, 0.25) is 0 Å². The van der Waals surface area contributed by atoms with Crippen molar-refractivity contribution < 1.29 is 23.8 Å².